The van der Waals surface area contributed by atoms with Crippen molar-refractivity contribution in [3.63, 3.8) is 0 Å². The number of benzene rings is 1. The van der Waals surface area contributed by atoms with E-state index in [1.54, 1.807) is 0 Å². The Bertz CT molecular complexity index is 441. The molecule has 0 aliphatic carbocycles. The van der Waals surface area contributed by atoms with Crippen LogP contribution in [-0.2, 0) is 13.0 Å². The molecule has 1 atom stereocenters. The Morgan fingerprint density at radius 1 is 1.25 bits per heavy atom. The van der Waals surface area contributed by atoms with Gasteiger partial charge in [0.2, 0.25) is 0 Å². The Morgan fingerprint density at radius 3 is 3.10 bits per heavy atom. The van der Waals surface area contributed by atoms with Gasteiger partial charge < -0.3 is 5.32 Å². The fraction of sp³-hybridized carbons (Fsp3) is 0.667. The Morgan fingerprint density at radius 2 is 2.20 bits per heavy atom. The van der Waals surface area contributed by atoms with Crippen molar-refractivity contribution in [1.82, 2.24) is 4.90 Å². The van der Waals surface area contributed by atoms with Gasteiger partial charge in [0, 0.05) is 18.8 Å². The first-order valence-corrected chi connectivity index (χ1v) is 8.43. The van der Waals surface area contributed by atoms with E-state index in [0.29, 0.717) is 0 Å². The molecule has 1 aromatic carbocycles. The molecule has 2 heterocycles. The monoisotopic (exact) mass is 272 g/mol. The number of hydrogen-bond donors (Lipinski definition) is 1. The molecule has 2 aliphatic rings. The smallest absolute Gasteiger partial charge is 0.0373 e. The van der Waals surface area contributed by atoms with Crippen LogP contribution in [0.5, 0.6) is 0 Å². The van der Waals surface area contributed by atoms with Gasteiger partial charge in [-0.3, -0.25) is 4.90 Å². The molecule has 1 N–H and O–H groups in total. The highest BCUT2D eigenvalue weighted by molar-refractivity contribution is 5.56. The van der Waals surface area contributed by atoms with Crippen LogP contribution in [0.3, 0.4) is 0 Å². The summed E-state index contributed by atoms with van der Waals surface area (Å²) in [4.78, 5) is 2.67. The second-order valence-corrected chi connectivity index (χ2v) is 6.53. The predicted octanol–water partition coefficient (Wildman–Crippen LogP) is 4.06. The van der Waals surface area contributed by atoms with Crippen molar-refractivity contribution in [1.29, 1.82) is 0 Å². The molecule has 2 nitrogen and oxygen atoms in total. The molecular formula is C18H28N2. The molecule has 2 heteroatoms. The van der Waals surface area contributed by atoms with Gasteiger partial charge in [-0.05, 0) is 61.9 Å². The van der Waals surface area contributed by atoms with E-state index >= 15 is 0 Å². The fourth-order valence-electron chi connectivity index (χ4n) is 3.79. The molecule has 0 amide bonds. The zero-order valence-corrected chi connectivity index (χ0v) is 12.8. The van der Waals surface area contributed by atoms with Gasteiger partial charge >= 0.3 is 0 Å². The first-order valence-electron chi connectivity index (χ1n) is 8.43. The van der Waals surface area contributed by atoms with E-state index in [4.69, 9.17) is 0 Å². The first-order chi connectivity index (χ1) is 9.85. The Kier molecular flexibility index (Phi) is 4.62. The molecule has 110 valence electrons. The van der Waals surface area contributed by atoms with E-state index in [-0.39, 0.29) is 0 Å². The summed E-state index contributed by atoms with van der Waals surface area (Å²) in [5, 5.41) is 3.45. The largest absolute Gasteiger partial charge is 0.384 e. The van der Waals surface area contributed by atoms with Crippen molar-refractivity contribution >= 4 is 5.69 Å². The van der Waals surface area contributed by atoms with Crippen LogP contribution in [0.15, 0.2) is 18.2 Å². The quantitative estimate of drug-likeness (QED) is 0.889. The van der Waals surface area contributed by atoms with Gasteiger partial charge in [0.25, 0.3) is 0 Å². The number of nitrogens with zero attached hydrogens (tertiary/aromatic N) is 1. The Labute approximate surface area is 123 Å². The molecule has 0 spiro atoms. The highest BCUT2D eigenvalue weighted by Gasteiger charge is 2.17. The van der Waals surface area contributed by atoms with E-state index in [0.717, 1.165) is 19.0 Å². The summed E-state index contributed by atoms with van der Waals surface area (Å²) in [5.74, 6) is 0.981. The number of nitrogens with one attached hydrogen (secondary N) is 1. The number of rotatable bonds is 4. The molecule has 2 aliphatic heterocycles. The standard InChI is InChI=1S/C18H28N2/c1-2-4-15-5-3-11-20(12-9-15)14-16-6-7-18-17(13-16)8-10-19-18/h6-7,13,15,19H,2-5,8-12,14H2,1H3. The molecule has 0 radical (unpaired) electrons. The summed E-state index contributed by atoms with van der Waals surface area (Å²) >= 11 is 0. The lowest BCUT2D eigenvalue weighted by atomic mass is 9.96. The summed E-state index contributed by atoms with van der Waals surface area (Å²) in [7, 11) is 0. The number of likely N-dealkylation sites (tertiary alicyclic amines) is 1. The molecule has 0 bridgehead atoms. The van der Waals surface area contributed by atoms with E-state index in [1.165, 1.54) is 68.4 Å². The molecule has 0 saturated carbocycles. The van der Waals surface area contributed by atoms with Crippen LogP contribution in [0.25, 0.3) is 0 Å². The topological polar surface area (TPSA) is 15.3 Å². The van der Waals surface area contributed by atoms with E-state index in [9.17, 15) is 0 Å². The average Bonchev–Trinajstić information content (AvgIpc) is 2.81. The SMILES string of the molecule is CCCC1CCCN(Cc2ccc3c(c2)CCN3)CC1. The third-order valence-electron chi connectivity index (χ3n) is 4.92. The third-order valence-corrected chi connectivity index (χ3v) is 4.92. The fourth-order valence-corrected chi connectivity index (χ4v) is 3.79. The Hall–Kier alpha value is -1.02. The normalized spacial score (nSPS) is 23.1. The zero-order valence-electron chi connectivity index (χ0n) is 12.8. The third kappa shape index (κ3) is 3.35. The molecular weight excluding hydrogens is 244 g/mol. The number of anilines is 1. The minimum absolute atomic E-state index is 0.981. The van der Waals surface area contributed by atoms with Crippen molar-refractivity contribution < 1.29 is 0 Å². The molecule has 1 unspecified atom stereocenters. The van der Waals surface area contributed by atoms with Crippen LogP contribution in [0, 0.1) is 5.92 Å². The van der Waals surface area contributed by atoms with Gasteiger partial charge in [0.05, 0.1) is 0 Å². The zero-order chi connectivity index (χ0) is 13.8. The summed E-state index contributed by atoms with van der Waals surface area (Å²) in [5.41, 5.74) is 4.37. The van der Waals surface area contributed by atoms with Gasteiger partial charge in [-0.25, -0.2) is 0 Å². The van der Waals surface area contributed by atoms with Gasteiger partial charge in [0.1, 0.15) is 0 Å². The minimum Gasteiger partial charge on any atom is -0.384 e. The average molecular weight is 272 g/mol. The van der Waals surface area contributed by atoms with Gasteiger partial charge in [-0.1, -0.05) is 31.9 Å². The van der Waals surface area contributed by atoms with Crippen LogP contribution in [0.4, 0.5) is 5.69 Å². The van der Waals surface area contributed by atoms with Crippen LogP contribution in [0.2, 0.25) is 0 Å². The maximum Gasteiger partial charge on any atom is 0.0373 e. The molecule has 1 fully saturated rings. The van der Waals surface area contributed by atoms with Gasteiger partial charge in [-0.2, -0.15) is 0 Å². The second-order valence-electron chi connectivity index (χ2n) is 6.53. The van der Waals surface area contributed by atoms with Crippen molar-refractivity contribution in [3.8, 4) is 0 Å². The summed E-state index contributed by atoms with van der Waals surface area (Å²) < 4.78 is 0. The van der Waals surface area contributed by atoms with Crippen molar-refractivity contribution in [2.75, 3.05) is 25.0 Å². The van der Waals surface area contributed by atoms with Crippen molar-refractivity contribution in [2.45, 2.75) is 52.0 Å². The van der Waals surface area contributed by atoms with Crippen molar-refractivity contribution in [2.24, 2.45) is 5.92 Å². The predicted molar refractivity (Wildman–Crippen MR) is 86.2 cm³/mol. The van der Waals surface area contributed by atoms with Crippen LogP contribution < -0.4 is 5.32 Å². The Balaban J connectivity index is 1.57. The van der Waals surface area contributed by atoms with Crippen LogP contribution in [0.1, 0.15) is 50.2 Å². The lowest BCUT2D eigenvalue weighted by molar-refractivity contribution is 0.271. The van der Waals surface area contributed by atoms with Gasteiger partial charge in [0.15, 0.2) is 0 Å². The number of fused-ring (bicyclic) bond motifs is 1. The lowest BCUT2D eigenvalue weighted by Gasteiger charge is -2.20. The summed E-state index contributed by atoms with van der Waals surface area (Å²) in [6.45, 7) is 7.16. The molecule has 0 aromatic heterocycles. The molecule has 3 rings (SSSR count). The molecule has 1 saturated heterocycles. The summed E-state index contributed by atoms with van der Waals surface area (Å²) in [6, 6.07) is 7.00. The van der Waals surface area contributed by atoms with Gasteiger partial charge in [-0.15, -0.1) is 0 Å². The highest BCUT2D eigenvalue weighted by atomic mass is 15.1. The van der Waals surface area contributed by atoms with E-state index in [2.05, 4.69) is 35.3 Å². The lowest BCUT2D eigenvalue weighted by Crippen LogP contribution is -2.24. The first kappa shape index (κ1) is 13.9. The highest BCUT2D eigenvalue weighted by Crippen LogP contribution is 2.26. The van der Waals surface area contributed by atoms with Crippen LogP contribution in [-0.4, -0.2) is 24.5 Å². The maximum absolute atomic E-state index is 3.45. The molecule has 1 aromatic rings. The summed E-state index contributed by atoms with van der Waals surface area (Å²) in [6.07, 6.45) is 8.21. The van der Waals surface area contributed by atoms with Crippen molar-refractivity contribution in [3.05, 3.63) is 29.3 Å². The molecule has 20 heavy (non-hydrogen) atoms. The van der Waals surface area contributed by atoms with E-state index < -0.39 is 0 Å². The minimum atomic E-state index is 0.981. The van der Waals surface area contributed by atoms with E-state index in [1.807, 2.05) is 0 Å². The van der Waals surface area contributed by atoms with Crippen LogP contribution >= 0.6 is 0 Å². The second kappa shape index (κ2) is 6.62. The number of hydrogen-bond acceptors (Lipinski definition) is 2. The maximum atomic E-state index is 3.45.